The second-order valence-electron chi connectivity index (χ2n) is 7.34. The lowest BCUT2D eigenvalue weighted by Crippen LogP contribution is -2.46. The van der Waals surface area contributed by atoms with Crippen LogP contribution in [0.1, 0.15) is 34.0 Å². The summed E-state index contributed by atoms with van der Waals surface area (Å²) in [6.07, 6.45) is 1.12. The van der Waals surface area contributed by atoms with Gasteiger partial charge in [0.1, 0.15) is 5.56 Å². The fourth-order valence-electron chi connectivity index (χ4n) is 4.32. The molecule has 1 aromatic carbocycles. The molecule has 0 spiro atoms. The predicted molar refractivity (Wildman–Crippen MR) is 105 cm³/mol. The Morgan fingerprint density at radius 2 is 2.22 bits per heavy atom. The molecule has 0 saturated carbocycles. The van der Waals surface area contributed by atoms with Crippen molar-refractivity contribution in [1.29, 1.82) is 0 Å². The zero-order valence-corrected chi connectivity index (χ0v) is 15.6. The number of piperidine rings is 1. The van der Waals surface area contributed by atoms with Crippen LogP contribution in [0.3, 0.4) is 0 Å². The van der Waals surface area contributed by atoms with Crippen LogP contribution in [0, 0.1) is 5.92 Å². The van der Waals surface area contributed by atoms with E-state index in [0.717, 1.165) is 41.0 Å². The molecular weight excluding hydrogens is 360 g/mol. The number of nitrogens with one attached hydrogen (secondary N) is 2. The first-order valence-corrected chi connectivity index (χ1v) is 10.1. The summed E-state index contributed by atoms with van der Waals surface area (Å²) in [5.41, 5.74) is 4.86. The predicted octanol–water partition coefficient (Wildman–Crippen LogP) is 2.09. The molecule has 138 valence electrons. The van der Waals surface area contributed by atoms with Gasteiger partial charge in [-0.05, 0) is 42.6 Å². The van der Waals surface area contributed by atoms with Crippen LogP contribution >= 0.6 is 11.3 Å². The second kappa shape index (κ2) is 6.58. The number of thiazole rings is 1. The highest BCUT2D eigenvalue weighted by Gasteiger charge is 2.31. The molecular formula is C20H20N4O2S. The van der Waals surface area contributed by atoms with Gasteiger partial charge in [0.15, 0.2) is 0 Å². The standard InChI is InChI=1S/C20H20N4O2S/c25-19(22-9-13-2-1-3-16-18(13)27-11-23-16)15-4-5-17-14-6-12(7-21-8-14)10-24(17)20(15)26/h1-5,11-12,14,21H,6-10H2,(H,22,25)/t12-,14+/m0/s1. The van der Waals surface area contributed by atoms with Crippen molar-refractivity contribution in [2.75, 3.05) is 13.1 Å². The molecule has 2 aromatic heterocycles. The summed E-state index contributed by atoms with van der Waals surface area (Å²) >= 11 is 1.56. The lowest BCUT2D eigenvalue weighted by atomic mass is 9.84. The minimum atomic E-state index is -0.314. The van der Waals surface area contributed by atoms with Gasteiger partial charge in [-0.15, -0.1) is 11.3 Å². The summed E-state index contributed by atoms with van der Waals surface area (Å²) in [6.45, 7) is 2.92. The maximum absolute atomic E-state index is 12.9. The number of carbonyl (C=O) groups excluding carboxylic acids is 1. The normalized spacial score (nSPS) is 21.0. The lowest BCUT2D eigenvalue weighted by molar-refractivity contribution is 0.0948. The Hall–Kier alpha value is -2.51. The number of hydrogen-bond acceptors (Lipinski definition) is 5. The van der Waals surface area contributed by atoms with Crippen molar-refractivity contribution in [2.24, 2.45) is 5.92 Å². The van der Waals surface area contributed by atoms with Gasteiger partial charge in [-0.25, -0.2) is 4.98 Å². The van der Waals surface area contributed by atoms with Crippen molar-refractivity contribution in [1.82, 2.24) is 20.2 Å². The van der Waals surface area contributed by atoms with E-state index in [4.69, 9.17) is 0 Å². The molecule has 0 radical (unpaired) electrons. The van der Waals surface area contributed by atoms with Crippen LogP contribution < -0.4 is 16.2 Å². The zero-order valence-electron chi connectivity index (χ0n) is 14.8. The van der Waals surface area contributed by atoms with Crippen LogP contribution in [-0.4, -0.2) is 28.5 Å². The molecule has 7 heteroatoms. The van der Waals surface area contributed by atoms with Crippen molar-refractivity contribution in [2.45, 2.75) is 25.4 Å². The third kappa shape index (κ3) is 2.87. The molecule has 4 heterocycles. The summed E-state index contributed by atoms with van der Waals surface area (Å²) in [6, 6.07) is 9.51. The molecule has 2 N–H and O–H groups in total. The highest BCUT2D eigenvalue weighted by atomic mass is 32.1. The van der Waals surface area contributed by atoms with E-state index >= 15 is 0 Å². The Bertz CT molecular complexity index is 1090. The van der Waals surface area contributed by atoms with Crippen LogP contribution in [-0.2, 0) is 13.1 Å². The summed E-state index contributed by atoms with van der Waals surface area (Å²) in [5, 5.41) is 6.35. The van der Waals surface area contributed by atoms with E-state index in [-0.39, 0.29) is 17.0 Å². The van der Waals surface area contributed by atoms with E-state index < -0.39 is 0 Å². The van der Waals surface area contributed by atoms with Crippen molar-refractivity contribution in [3.63, 3.8) is 0 Å². The average Bonchev–Trinajstić information content (AvgIpc) is 3.17. The highest BCUT2D eigenvalue weighted by molar-refractivity contribution is 7.16. The number of aromatic nitrogens is 2. The van der Waals surface area contributed by atoms with Crippen LogP contribution in [0.2, 0.25) is 0 Å². The molecule has 2 aliphatic rings. The Labute approximate surface area is 160 Å². The molecule has 2 bridgehead atoms. The summed E-state index contributed by atoms with van der Waals surface area (Å²) < 4.78 is 2.89. The molecule has 2 aliphatic heterocycles. The first-order valence-electron chi connectivity index (χ1n) is 9.24. The Morgan fingerprint density at radius 1 is 1.30 bits per heavy atom. The van der Waals surface area contributed by atoms with E-state index in [1.807, 2.05) is 28.8 Å². The first kappa shape index (κ1) is 16.6. The van der Waals surface area contributed by atoms with Gasteiger partial charge in [0, 0.05) is 31.2 Å². The first-order chi connectivity index (χ1) is 13.2. The third-order valence-corrected chi connectivity index (χ3v) is 6.55. The van der Waals surface area contributed by atoms with Crippen molar-refractivity contribution in [3.8, 4) is 0 Å². The van der Waals surface area contributed by atoms with E-state index in [1.165, 1.54) is 0 Å². The molecule has 1 saturated heterocycles. The minimum Gasteiger partial charge on any atom is -0.348 e. The third-order valence-electron chi connectivity index (χ3n) is 5.63. The molecule has 1 fully saturated rings. The molecule has 1 amide bonds. The smallest absolute Gasteiger partial charge is 0.263 e. The van der Waals surface area contributed by atoms with Gasteiger partial charge >= 0.3 is 0 Å². The average molecular weight is 380 g/mol. The van der Waals surface area contributed by atoms with Gasteiger partial charge in [-0.2, -0.15) is 0 Å². The SMILES string of the molecule is O=C(NCc1cccc2ncsc12)c1ccc2n(c1=O)C[C@@H]1CNC[C@H]2C1. The van der Waals surface area contributed by atoms with E-state index in [2.05, 4.69) is 15.6 Å². The molecule has 6 nitrogen and oxygen atoms in total. The number of amides is 1. The fraction of sp³-hybridized carbons (Fsp3) is 0.350. The van der Waals surface area contributed by atoms with Crippen molar-refractivity contribution in [3.05, 3.63) is 63.0 Å². The summed E-state index contributed by atoms with van der Waals surface area (Å²) in [7, 11) is 0. The number of pyridine rings is 1. The fourth-order valence-corrected chi connectivity index (χ4v) is 5.12. The molecule has 0 aliphatic carbocycles. The Morgan fingerprint density at radius 3 is 3.15 bits per heavy atom. The molecule has 3 aromatic rings. The van der Waals surface area contributed by atoms with E-state index in [0.29, 0.717) is 24.9 Å². The molecule has 0 unspecified atom stereocenters. The lowest BCUT2D eigenvalue weighted by Gasteiger charge is -2.37. The van der Waals surface area contributed by atoms with Crippen LogP contribution in [0.5, 0.6) is 0 Å². The number of rotatable bonds is 3. The van der Waals surface area contributed by atoms with Gasteiger partial charge in [0.05, 0.1) is 15.7 Å². The topological polar surface area (TPSA) is 76.0 Å². The monoisotopic (exact) mass is 380 g/mol. The number of benzene rings is 1. The second-order valence-corrected chi connectivity index (χ2v) is 8.20. The van der Waals surface area contributed by atoms with Gasteiger partial charge in [-0.3, -0.25) is 9.59 Å². The maximum atomic E-state index is 12.9. The Kier molecular flexibility index (Phi) is 4.06. The summed E-state index contributed by atoms with van der Waals surface area (Å²) in [5.74, 6) is 0.521. The van der Waals surface area contributed by atoms with Crippen LogP contribution in [0.4, 0.5) is 0 Å². The molecule has 27 heavy (non-hydrogen) atoms. The van der Waals surface area contributed by atoms with Gasteiger partial charge in [0.25, 0.3) is 11.5 Å². The largest absolute Gasteiger partial charge is 0.348 e. The molecule has 5 rings (SSSR count). The maximum Gasteiger partial charge on any atom is 0.263 e. The number of fused-ring (bicyclic) bond motifs is 5. The number of nitrogens with zero attached hydrogens (tertiary/aromatic N) is 2. The minimum absolute atomic E-state index is 0.169. The van der Waals surface area contributed by atoms with E-state index in [9.17, 15) is 9.59 Å². The quantitative estimate of drug-likeness (QED) is 0.730. The molecule has 2 atom stereocenters. The zero-order chi connectivity index (χ0) is 18.4. The van der Waals surface area contributed by atoms with E-state index in [1.54, 1.807) is 22.9 Å². The highest BCUT2D eigenvalue weighted by Crippen LogP contribution is 2.31. The van der Waals surface area contributed by atoms with Gasteiger partial charge < -0.3 is 15.2 Å². The van der Waals surface area contributed by atoms with Crippen molar-refractivity contribution >= 4 is 27.5 Å². The van der Waals surface area contributed by atoms with Gasteiger partial charge in [0.2, 0.25) is 0 Å². The number of carbonyl (C=O) groups is 1. The summed E-state index contributed by atoms with van der Waals surface area (Å²) in [4.78, 5) is 29.9. The number of hydrogen-bond donors (Lipinski definition) is 2. The van der Waals surface area contributed by atoms with Crippen LogP contribution in [0.15, 0.2) is 40.6 Å². The van der Waals surface area contributed by atoms with Crippen molar-refractivity contribution < 1.29 is 4.79 Å². The van der Waals surface area contributed by atoms with Gasteiger partial charge in [-0.1, -0.05) is 12.1 Å². The Balaban J connectivity index is 1.40. The van der Waals surface area contributed by atoms with Crippen LogP contribution in [0.25, 0.3) is 10.2 Å².